The van der Waals surface area contributed by atoms with Gasteiger partial charge in [-0.15, -0.1) is 0 Å². The zero-order valence-corrected chi connectivity index (χ0v) is 44.3. The Morgan fingerprint density at radius 1 is 0.485 bits per heavy atom. The smallest absolute Gasteiger partial charge is 0.305 e. The summed E-state index contributed by atoms with van der Waals surface area (Å²) in [5, 5.41) is 13.2. The van der Waals surface area contributed by atoms with Crippen LogP contribution in [0.2, 0.25) is 0 Å². The maximum Gasteiger partial charge on any atom is 0.305 e. The lowest BCUT2D eigenvalue weighted by Crippen LogP contribution is -2.41. The van der Waals surface area contributed by atoms with Crippen molar-refractivity contribution in [1.82, 2.24) is 15.1 Å². The van der Waals surface area contributed by atoms with Crippen LogP contribution in [-0.4, -0.2) is 97.9 Å². The summed E-state index contributed by atoms with van der Waals surface area (Å²) in [6.07, 6.45) is 43.5. The van der Waals surface area contributed by atoms with Gasteiger partial charge in [0.2, 0.25) is 5.91 Å². The number of hydrogen-bond donors (Lipinski definition) is 2. The fourth-order valence-electron chi connectivity index (χ4n) is 9.55. The van der Waals surface area contributed by atoms with Crippen LogP contribution < -0.4 is 5.32 Å². The molecule has 66 heavy (non-hydrogen) atoms. The van der Waals surface area contributed by atoms with Gasteiger partial charge in [-0.3, -0.25) is 14.4 Å². The first-order valence-electron chi connectivity index (χ1n) is 29.0. The molecule has 0 atom stereocenters. The van der Waals surface area contributed by atoms with E-state index in [0.29, 0.717) is 44.9 Å². The topological polar surface area (TPSA) is 108 Å². The van der Waals surface area contributed by atoms with E-state index in [1.165, 1.54) is 135 Å². The van der Waals surface area contributed by atoms with Crippen molar-refractivity contribution in [3.8, 4) is 0 Å². The Morgan fingerprint density at radius 3 is 1.36 bits per heavy atom. The molecule has 0 aliphatic heterocycles. The second kappa shape index (κ2) is 47.0. The van der Waals surface area contributed by atoms with Gasteiger partial charge in [0.25, 0.3) is 0 Å². The van der Waals surface area contributed by atoms with Crippen molar-refractivity contribution in [2.24, 2.45) is 11.8 Å². The molecule has 0 radical (unpaired) electrons. The van der Waals surface area contributed by atoms with E-state index in [-0.39, 0.29) is 30.4 Å². The molecule has 1 saturated carbocycles. The molecule has 2 N–H and O–H groups in total. The second-order valence-electron chi connectivity index (χ2n) is 20.5. The average molecular weight is 935 g/mol. The number of nitrogens with one attached hydrogen (secondary N) is 1. The molecule has 0 bridgehead atoms. The van der Waals surface area contributed by atoms with Gasteiger partial charge in [0, 0.05) is 44.3 Å². The summed E-state index contributed by atoms with van der Waals surface area (Å²) >= 11 is 0. The maximum absolute atomic E-state index is 12.9. The number of esters is 2. The van der Waals surface area contributed by atoms with E-state index >= 15 is 0 Å². The minimum absolute atomic E-state index is 0.0101. The summed E-state index contributed by atoms with van der Waals surface area (Å²) in [7, 11) is 0. The highest BCUT2D eigenvalue weighted by Crippen LogP contribution is 2.26. The number of hydrogen-bond acceptors (Lipinski definition) is 8. The number of unbranched alkanes of at least 4 members (excludes halogenated alkanes) is 22. The Bertz CT molecular complexity index is 1040. The predicted molar refractivity (Wildman–Crippen MR) is 279 cm³/mol. The molecule has 1 rings (SSSR count). The molecule has 0 aromatic heterocycles. The first-order chi connectivity index (χ1) is 32.4. The first kappa shape index (κ1) is 62.3. The fraction of sp³-hybridized carbons (Fsp3) is 0.947. The predicted octanol–water partition coefficient (Wildman–Crippen LogP) is 14.3. The standard InChI is InChI=1S/C57H111N3O6/c1-5-9-13-17-21-24-35-52(36-25-22-18-14-10-6-2)49-58-55(62)40-26-23-30-45-60(54-38-34-39-54)46-33-32-44-59(47-48-61)43-31-29-37-53(50-65-56(63)41-27-19-15-11-7-3)51-66-57(64)42-28-20-16-12-8-4/h52-54,61H,5-51H2,1-4H3,(H,58,62). The largest absolute Gasteiger partial charge is 0.465 e. The molecule has 1 aliphatic rings. The van der Waals surface area contributed by atoms with Crippen molar-refractivity contribution in [2.75, 3.05) is 59.1 Å². The van der Waals surface area contributed by atoms with Crippen LogP contribution in [-0.2, 0) is 23.9 Å². The summed E-state index contributed by atoms with van der Waals surface area (Å²) in [6.45, 7) is 15.5. The van der Waals surface area contributed by atoms with Gasteiger partial charge in [0.15, 0.2) is 0 Å². The minimum Gasteiger partial charge on any atom is -0.465 e. The average Bonchev–Trinajstić information content (AvgIpc) is 3.29. The molecule has 0 spiro atoms. The third-order valence-electron chi connectivity index (χ3n) is 14.3. The van der Waals surface area contributed by atoms with Gasteiger partial charge in [-0.25, -0.2) is 0 Å². The van der Waals surface area contributed by atoms with Crippen molar-refractivity contribution >= 4 is 17.8 Å². The molecule has 9 nitrogen and oxygen atoms in total. The molecule has 0 heterocycles. The Morgan fingerprint density at radius 2 is 0.879 bits per heavy atom. The van der Waals surface area contributed by atoms with Crippen molar-refractivity contribution in [2.45, 2.75) is 278 Å². The van der Waals surface area contributed by atoms with E-state index in [4.69, 9.17) is 9.47 Å². The fourth-order valence-corrected chi connectivity index (χ4v) is 9.55. The SMILES string of the molecule is CCCCCCCCC(CCCCCCCC)CNC(=O)CCCCCN(CCCCN(CCO)CCCCC(COC(=O)CCCCCCC)COC(=O)CCCCCCC)C1CCC1. The zero-order chi connectivity index (χ0) is 48.0. The third kappa shape index (κ3) is 38.2. The first-order valence-corrected chi connectivity index (χ1v) is 29.0. The van der Waals surface area contributed by atoms with Gasteiger partial charge >= 0.3 is 11.9 Å². The van der Waals surface area contributed by atoms with Crippen molar-refractivity contribution in [3.05, 3.63) is 0 Å². The van der Waals surface area contributed by atoms with Crippen LogP contribution in [0.3, 0.4) is 0 Å². The van der Waals surface area contributed by atoms with Crippen LogP contribution in [0.4, 0.5) is 0 Å². The summed E-state index contributed by atoms with van der Waals surface area (Å²) in [6, 6.07) is 0.722. The van der Waals surface area contributed by atoms with E-state index in [9.17, 15) is 19.5 Å². The van der Waals surface area contributed by atoms with Crippen molar-refractivity contribution < 1.29 is 29.0 Å². The third-order valence-corrected chi connectivity index (χ3v) is 14.3. The molecule has 0 aromatic rings. The lowest BCUT2D eigenvalue weighted by Gasteiger charge is -2.38. The van der Waals surface area contributed by atoms with Crippen LogP contribution in [0, 0.1) is 11.8 Å². The lowest BCUT2D eigenvalue weighted by atomic mass is 9.91. The number of ether oxygens (including phenoxy) is 2. The van der Waals surface area contributed by atoms with E-state index in [1.54, 1.807) is 0 Å². The molecule has 0 unspecified atom stereocenters. The molecule has 0 aromatic carbocycles. The van der Waals surface area contributed by atoms with E-state index in [2.05, 4.69) is 42.8 Å². The molecule has 390 valence electrons. The normalized spacial score (nSPS) is 13.0. The lowest BCUT2D eigenvalue weighted by molar-refractivity contribution is -0.149. The highest BCUT2D eigenvalue weighted by Gasteiger charge is 2.24. The number of carbonyl (C=O) groups is 3. The van der Waals surface area contributed by atoms with Crippen molar-refractivity contribution in [3.63, 3.8) is 0 Å². The molecule has 9 heteroatoms. The molecular formula is C57H111N3O6. The Balaban J connectivity index is 2.45. The number of nitrogens with zero attached hydrogens (tertiary/aromatic N) is 2. The summed E-state index contributed by atoms with van der Waals surface area (Å²) < 4.78 is 11.4. The second-order valence-corrected chi connectivity index (χ2v) is 20.5. The number of amides is 1. The number of carbonyl (C=O) groups excluding carboxylic acids is 3. The van der Waals surface area contributed by atoms with Gasteiger partial charge in [-0.1, -0.05) is 175 Å². The van der Waals surface area contributed by atoms with Crippen molar-refractivity contribution in [1.29, 1.82) is 0 Å². The zero-order valence-electron chi connectivity index (χ0n) is 44.3. The highest BCUT2D eigenvalue weighted by molar-refractivity contribution is 5.75. The monoisotopic (exact) mass is 934 g/mol. The van der Waals surface area contributed by atoms with Crippen LogP contribution in [0.15, 0.2) is 0 Å². The Kier molecular flexibility index (Phi) is 44.4. The van der Waals surface area contributed by atoms with Gasteiger partial charge in [-0.05, 0) is 109 Å². The van der Waals surface area contributed by atoms with Gasteiger partial charge in [0.05, 0.1) is 19.8 Å². The quantitative estimate of drug-likeness (QED) is 0.0459. The number of rotatable bonds is 51. The molecule has 0 saturated heterocycles. The molecule has 1 aliphatic carbocycles. The number of aliphatic hydroxyl groups is 1. The van der Waals surface area contributed by atoms with E-state index in [0.717, 1.165) is 129 Å². The van der Waals surface area contributed by atoms with Crippen LogP contribution >= 0.6 is 0 Å². The Hall–Kier alpha value is -1.71. The van der Waals surface area contributed by atoms with Crippen LogP contribution in [0.5, 0.6) is 0 Å². The van der Waals surface area contributed by atoms with E-state index < -0.39 is 0 Å². The van der Waals surface area contributed by atoms with Gasteiger partial charge < -0.3 is 29.7 Å². The summed E-state index contributed by atoms with van der Waals surface area (Å²) in [5.74, 6) is 0.616. The summed E-state index contributed by atoms with van der Waals surface area (Å²) in [5.41, 5.74) is 0. The van der Waals surface area contributed by atoms with Crippen LogP contribution in [0.25, 0.3) is 0 Å². The minimum atomic E-state index is -0.140. The van der Waals surface area contributed by atoms with Crippen LogP contribution in [0.1, 0.15) is 272 Å². The highest BCUT2D eigenvalue weighted by atomic mass is 16.5. The molecule has 1 fully saturated rings. The molecular weight excluding hydrogens is 823 g/mol. The Labute approximate surface area is 409 Å². The molecule has 1 amide bonds. The van der Waals surface area contributed by atoms with Gasteiger partial charge in [-0.2, -0.15) is 0 Å². The summed E-state index contributed by atoms with van der Waals surface area (Å²) in [4.78, 5) is 43.1. The maximum atomic E-state index is 12.9. The number of aliphatic hydroxyl groups excluding tert-OH is 1. The van der Waals surface area contributed by atoms with Gasteiger partial charge in [0.1, 0.15) is 0 Å². The van der Waals surface area contributed by atoms with E-state index in [1.807, 2.05) is 0 Å².